The topological polar surface area (TPSA) is 3.24 Å². The molecule has 0 saturated carbocycles. The first kappa shape index (κ1) is 34.1. The molecule has 0 aliphatic heterocycles. The highest BCUT2D eigenvalue weighted by atomic mass is 15.1. The van der Waals surface area contributed by atoms with E-state index in [0.717, 1.165) is 17.1 Å². The van der Waals surface area contributed by atoms with Gasteiger partial charge in [-0.2, -0.15) is 0 Å². The molecule has 0 spiro atoms. The third kappa shape index (κ3) is 5.62. The molecule has 10 aromatic rings. The minimum atomic E-state index is -0.192. The van der Waals surface area contributed by atoms with Gasteiger partial charge in [-0.3, -0.25) is 0 Å². The van der Waals surface area contributed by atoms with Gasteiger partial charge in [-0.1, -0.05) is 172 Å². The predicted molar refractivity (Wildman–Crippen MR) is 248 cm³/mol. The van der Waals surface area contributed by atoms with Gasteiger partial charge in [0.15, 0.2) is 0 Å². The molecule has 0 aromatic heterocycles. The van der Waals surface area contributed by atoms with E-state index < -0.39 is 0 Å². The second-order valence-corrected chi connectivity index (χ2v) is 16.2. The number of hydrogen-bond acceptors (Lipinski definition) is 1. The zero-order chi connectivity index (χ0) is 38.8. The molecule has 1 nitrogen and oxygen atoms in total. The lowest BCUT2D eigenvalue weighted by molar-refractivity contribution is 0.661. The van der Waals surface area contributed by atoms with Crippen molar-refractivity contribution in [1.82, 2.24) is 0 Å². The summed E-state index contributed by atoms with van der Waals surface area (Å²) in [5.74, 6) is 0. The van der Waals surface area contributed by atoms with Crippen LogP contribution in [0.5, 0.6) is 0 Å². The summed E-state index contributed by atoms with van der Waals surface area (Å²) < 4.78 is 0. The van der Waals surface area contributed by atoms with Crippen LogP contribution in [0.1, 0.15) is 25.0 Å². The van der Waals surface area contributed by atoms with E-state index in [4.69, 9.17) is 0 Å². The van der Waals surface area contributed by atoms with Crippen molar-refractivity contribution < 1.29 is 0 Å². The Kier molecular flexibility index (Phi) is 7.91. The molecule has 274 valence electrons. The molecule has 10 aromatic carbocycles. The Morgan fingerprint density at radius 1 is 0.328 bits per heavy atom. The fraction of sp³-hybridized carbons (Fsp3) is 0.0526. The highest BCUT2D eigenvalue weighted by Gasteiger charge is 2.36. The first-order valence-electron chi connectivity index (χ1n) is 20.2. The van der Waals surface area contributed by atoms with Crippen LogP contribution in [-0.2, 0) is 5.41 Å². The standard InChI is InChI=1S/C57H41N/c1-57(2)53-36-44-23-12-11-22-43(44)35-52(53)51-29-28-48(37-54(51)57)58(49-33-46(38-15-5-3-6-16-38)32-47(34-49)39-17-7-4-8-18-39)55-30-27-41-20-13-14-24-50(41)56(55)45-26-25-40-19-9-10-21-42(40)31-45/h3-37H,1-2H3. The van der Waals surface area contributed by atoms with Crippen LogP contribution in [0.15, 0.2) is 212 Å². The Labute approximate surface area is 340 Å². The molecule has 0 fully saturated rings. The summed E-state index contributed by atoms with van der Waals surface area (Å²) in [4.78, 5) is 2.52. The van der Waals surface area contributed by atoms with E-state index in [2.05, 4.69) is 231 Å². The van der Waals surface area contributed by atoms with Gasteiger partial charge in [0.25, 0.3) is 0 Å². The molecular weight excluding hydrogens is 699 g/mol. The van der Waals surface area contributed by atoms with E-state index in [9.17, 15) is 0 Å². The van der Waals surface area contributed by atoms with Gasteiger partial charge >= 0.3 is 0 Å². The van der Waals surface area contributed by atoms with Gasteiger partial charge in [0.05, 0.1) is 5.69 Å². The van der Waals surface area contributed by atoms with E-state index in [-0.39, 0.29) is 5.41 Å². The fourth-order valence-electron chi connectivity index (χ4n) is 9.41. The largest absolute Gasteiger partial charge is 0.310 e. The van der Waals surface area contributed by atoms with Crippen molar-refractivity contribution in [1.29, 1.82) is 0 Å². The number of hydrogen-bond donors (Lipinski definition) is 0. The minimum absolute atomic E-state index is 0.192. The number of benzene rings is 10. The maximum absolute atomic E-state index is 2.52. The van der Waals surface area contributed by atoms with Crippen molar-refractivity contribution >= 4 is 49.4 Å². The second-order valence-electron chi connectivity index (χ2n) is 16.2. The molecule has 1 aliphatic carbocycles. The van der Waals surface area contributed by atoms with Gasteiger partial charge < -0.3 is 4.90 Å². The Morgan fingerprint density at radius 2 is 0.879 bits per heavy atom. The summed E-state index contributed by atoms with van der Waals surface area (Å²) in [6, 6.07) is 78.5. The Morgan fingerprint density at radius 3 is 1.57 bits per heavy atom. The Bertz CT molecular complexity index is 3140. The lowest BCUT2D eigenvalue weighted by Crippen LogP contribution is -2.17. The number of nitrogens with zero attached hydrogens (tertiary/aromatic N) is 1. The summed E-state index contributed by atoms with van der Waals surface area (Å²) in [5, 5.41) is 7.47. The monoisotopic (exact) mass is 739 g/mol. The summed E-state index contributed by atoms with van der Waals surface area (Å²) in [7, 11) is 0. The van der Waals surface area contributed by atoms with Crippen molar-refractivity contribution in [3.63, 3.8) is 0 Å². The van der Waals surface area contributed by atoms with Crippen LogP contribution in [0.4, 0.5) is 17.1 Å². The zero-order valence-electron chi connectivity index (χ0n) is 32.7. The van der Waals surface area contributed by atoms with Crippen LogP contribution in [-0.4, -0.2) is 0 Å². The SMILES string of the molecule is CC1(C)c2cc(N(c3cc(-c4ccccc4)cc(-c4ccccc4)c3)c3ccc4ccccc4c3-c3ccc4ccccc4c3)ccc2-c2cc3ccccc3cc21. The van der Waals surface area contributed by atoms with Crippen LogP contribution in [0.25, 0.3) is 76.8 Å². The van der Waals surface area contributed by atoms with E-state index in [0.29, 0.717) is 0 Å². The smallest absolute Gasteiger partial charge is 0.0546 e. The second kappa shape index (κ2) is 13.5. The van der Waals surface area contributed by atoms with Gasteiger partial charge in [0, 0.05) is 22.4 Å². The molecule has 0 N–H and O–H groups in total. The fourth-order valence-corrected chi connectivity index (χ4v) is 9.41. The van der Waals surface area contributed by atoms with Crippen molar-refractivity contribution in [3.8, 4) is 44.5 Å². The van der Waals surface area contributed by atoms with Gasteiger partial charge in [0.2, 0.25) is 0 Å². The number of fused-ring (bicyclic) bond motifs is 6. The van der Waals surface area contributed by atoms with Crippen molar-refractivity contribution in [2.45, 2.75) is 19.3 Å². The molecule has 0 unspecified atom stereocenters. The molecule has 0 atom stereocenters. The Balaban J connectivity index is 1.21. The highest BCUT2D eigenvalue weighted by Crippen LogP contribution is 2.53. The van der Waals surface area contributed by atoms with Crippen molar-refractivity contribution in [2.24, 2.45) is 0 Å². The van der Waals surface area contributed by atoms with Gasteiger partial charge in [-0.15, -0.1) is 0 Å². The summed E-state index contributed by atoms with van der Waals surface area (Å²) in [6.07, 6.45) is 0. The van der Waals surface area contributed by atoms with Crippen molar-refractivity contribution in [3.05, 3.63) is 223 Å². The summed E-state index contributed by atoms with van der Waals surface area (Å²) in [6.45, 7) is 4.78. The van der Waals surface area contributed by atoms with Crippen LogP contribution >= 0.6 is 0 Å². The number of rotatable bonds is 6. The van der Waals surface area contributed by atoms with E-state index in [1.54, 1.807) is 0 Å². The molecule has 0 bridgehead atoms. The minimum Gasteiger partial charge on any atom is -0.310 e. The lowest BCUT2D eigenvalue weighted by atomic mass is 9.81. The summed E-state index contributed by atoms with van der Waals surface area (Å²) in [5.41, 5.74) is 15.7. The molecule has 0 radical (unpaired) electrons. The zero-order valence-corrected chi connectivity index (χ0v) is 32.7. The van der Waals surface area contributed by atoms with E-state index in [1.807, 2.05) is 0 Å². The van der Waals surface area contributed by atoms with Crippen molar-refractivity contribution in [2.75, 3.05) is 4.90 Å². The average molecular weight is 740 g/mol. The van der Waals surface area contributed by atoms with Crippen LogP contribution in [0.3, 0.4) is 0 Å². The highest BCUT2D eigenvalue weighted by molar-refractivity contribution is 6.07. The van der Waals surface area contributed by atoms with E-state index >= 15 is 0 Å². The Hall–Kier alpha value is -7.22. The van der Waals surface area contributed by atoms with Crippen LogP contribution < -0.4 is 4.90 Å². The summed E-state index contributed by atoms with van der Waals surface area (Å²) >= 11 is 0. The van der Waals surface area contributed by atoms with Crippen LogP contribution in [0.2, 0.25) is 0 Å². The normalized spacial score (nSPS) is 12.8. The third-order valence-electron chi connectivity index (χ3n) is 12.4. The molecule has 58 heavy (non-hydrogen) atoms. The first-order chi connectivity index (χ1) is 28.5. The maximum atomic E-state index is 2.52. The van der Waals surface area contributed by atoms with Gasteiger partial charge in [-0.05, 0) is 137 Å². The molecular formula is C57H41N. The van der Waals surface area contributed by atoms with Crippen LogP contribution in [0, 0.1) is 0 Å². The molecule has 1 aliphatic rings. The quantitative estimate of drug-likeness (QED) is 0.164. The molecule has 0 heterocycles. The van der Waals surface area contributed by atoms with E-state index in [1.165, 1.54) is 88.0 Å². The predicted octanol–water partition coefficient (Wildman–Crippen LogP) is 15.9. The maximum Gasteiger partial charge on any atom is 0.0546 e. The average Bonchev–Trinajstić information content (AvgIpc) is 3.50. The first-order valence-corrected chi connectivity index (χ1v) is 20.2. The molecule has 11 rings (SSSR count). The van der Waals surface area contributed by atoms with Gasteiger partial charge in [-0.25, -0.2) is 0 Å². The molecule has 1 heteroatoms. The number of anilines is 3. The lowest BCUT2D eigenvalue weighted by Gasteiger charge is -2.31. The molecule has 0 amide bonds. The van der Waals surface area contributed by atoms with Gasteiger partial charge in [0.1, 0.15) is 0 Å². The molecule has 0 saturated heterocycles. The third-order valence-corrected chi connectivity index (χ3v) is 12.4.